The third kappa shape index (κ3) is 5.09. The lowest BCUT2D eigenvalue weighted by molar-refractivity contribution is 0.163. The maximum absolute atomic E-state index is 13.3. The van der Waals surface area contributed by atoms with E-state index in [9.17, 15) is 14.3 Å². The highest BCUT2D eigenvalue weighted by Gasteiger charge is 2.24. The summed E-state index contributed by atoms with van der Waals surface area (Å²) in [5.41, 5.74) is 0.0334. The van der Waals surface area contributed by atoms with Crippen LogP contribution in [0.4, 0.5) is 9.18 Å². The number of rotatable bonds is 6. The van der Waals surface area contributed by atoms with E-state index in [0.29, 0.717) is 16.5 Å². The van der Waals surface area contributed by atoms with E-state index in [-0.39, 0.29) is 25.0 Å². The van der Waals surface area contributed by atoms with E-state index in [1.165, 1.54) is 6.07 Å². The van der Waals surface area contributed by atoms with Crippen molar-refractivity contribution in [1.82, 2.24) is 10.6 Å². The van der Waals surface area contributed by atoms with Crippen LogP contribution < -0.4 is 10.6 Å². The molecule has 112 valence electrons. The van der Waals surface area contributed by atoms with Crippen LogP contribution in [-0.4, -0.2) is 23.3 Å². The molecule has 2 amide bonds. The third-order valence-electron chi connectivity index (χ3n) is 3.00. The molecule has 0 aromatic heterocycles. The van der Waals surface area contributed by atoms with Gasteiger partial charge in [0.2, 0.25) is 0 Å². The lowest BCUT2D eigenvalue weighted by atomic mass is 9.98. The molecule has 20 heavy (non-hydrogen) atoms. The van der Waals surface area contributed by atoms with Gasteiger partial charge in [-0.3, -0.25) is 0 Å². The number of halogens is 2. The summed E-state index contributed by atoms with van der Waals surface area (Å²) >= 11 is 3.07. The molecule has 0 saturated heterocycles. The first kappa shape index (κ1) is 16.9. The van der Waals surface area contributed by atoms with Crippen molar-refractivity contribution in [3.63, 3.8) is 0 Å². The van der Waals surface area contributed by atoms with Gasteiger partial charge in [0.05, 0.1) is 16.6 Å². The molecule has 0 radical (unpaired) electrons. The molecule has 0 heterocycles. The largest absolute Gasteiger partial charge is 0.394 e. The van der Waals surface area contributed by atoms with Crippen LogP contribution in [0.15, 0.2) is 22.7 Å². The Morgan fingerprint density at radius 1 is 1.50 bits per heavy atom. The third-order valence-corrected chi connectivity index (χ3v) is 3.65. The molecule has 0 aliphatic heterocycles. The van der Waals surface area contributed by atoms with Crippen molar-refractivity contribution in [2.45, 2.75) is 38.8 Å². The van der Waals surface area contributed by atoms with Crippen LogP contribution in [-0.2, 0) is 6.54 Å². The van der Waals surface area contributed by atoms with E-state index in [1.807, 2.05) is 6.92 Å². The standard InChI is InChI=1S/C14H20BrFN2O2/c1-3-6-14(2,9-19)18-13(20)17-8-10-4-5-11(15)12(16)7-10/h4-5,7,19H,3,6,8-9H2,1-2H3,(H2,17,18,20). The average molecular weight is 347 g/mol. The van der Waals surface area contributed by atoms with Gasteiger partial charge in [0, 0.05) is 6.54 Å². The zero-order chi connectivity index (χ0) is 15.2. The molecule has 4 nitrogen and oxygen atoms in total. The minimum atomic E-state index is -0.635. The van der Waals surface area contributed by atoms with Gasteiger partial charge in [-0.05, 0) is 47.0 Å². The number of amides is 2. The lowest BCUT2D eigenvalue weighted by Crippen LogP contribution is -2.52. The zero-order valence-corrected chi connectivity index (χ0v) is 13.3. The van der Waals surface area contributed by atoms with E-state index in [4.69, 9.17) is 0 Å². The van der Waals surface area contributed by atoms with E-state index in [1.54, 1.807) is 19.1 Å². The van der Waals surface area contributed by atoms with Crippen molar-refractivity contribution in [3.05, 3.63) is 34.1 Å². The average Bonchev–Trinajstić information content (AvgIpc) is 2.40. The van der Waals surface area contributed by atoms with Crippen molar-refractivity contribution >= 4 is 22.0 Å². The van der Waals surface area contributed by atoms with Gasteiger partial charge in [0.15, 0.2) is 0 Å². The van der Waals surface area contributed by atoms with Crippen LogP contribution in [0.3, 0.4) is 0 Å². The molecule has 3 N–H and O–H groups in total. The van der Waals surface area contributed by atoms with E-state index in [2.05, 4.69) is 26.6 Å². The van der Waals surface area contributed by atoms with Crippen LogP contribution in [0.25, 0.3) is 0 Å². The monoisotopic (exact) mass is 346 g/mol. The molecule has 0 saturated carbocycles. The number of aliphatic hydroxyl groups is 1. The Labute approximate surface area is 126 Å². The topological polar surface area (TPSA) is 61.4 Å². The number of aliphatic hydroxyl groups excluding tert-OH is 1. The van der Waals surface area contributed by atoms with Crippen molar-refractivity contribution in [2.75, 3.05) is 6.61 Å². The molecule has 1 rings (SSSR count). The predicted molar refractivity (Wildman–Crippen MR) is 79.9 cm³/mol. The normalized spacial score (nSPS) is 13.7. The van der Waals surface area contributed by atoms with Gasteiger partial charge in [-0.2, -0.15) is 0 Å². The summed E-state index contributed by atoms with van der Waals surface area (Å²) in [5, 5.41) is 14.7. The summed E-state index contributed by atoms with van der Waals surface area (Å²) in [6.07, 6.45) is 1.54. The Morgan fingerprint density at radius 2 is 2.20 bits per heavy atom. The van der Waals surface area contributed by atoms with Crippen molar-refractivity contribution < 1.29 is 14.3 Å². The first-order valence-electron chi connectivity index (χ1n) is 6.51. The second kappa shape index (κ2) is 7.59. The Kier molecular flexibility index (Phi) is 6.42. The van der Waals surface area contributed by atoms with Gasteiger partial charge in [-0.25, -0.2) is 9.18 Å². The lowest BCUT2D eigenvalue weighted by Gasteiger charge is -2.28. The van der Waals surface area contributed by atoms with Crippen LogP contribution >= 0.6 is 15.9 Å². The van der Waals surface area contributed by atoms with Crippen LogP contribution in [0.2, 0.25) is 0 Å². The minimum Gasteiger partial charge on any atom is -0.394 e. The smallest absolute Gasteiger partial charge is 0.315 e. The van der Waals surface area contributed by atoms with E-state index >= 15 is 0 Å². The maximum atomic E-state index is 13.3. The van der Waals surface area contributed by atoms with E-state index < -0.39 is 5.54 Å². The molecule has 0 fully saturated rings. The summed E-state index contributed by atoms with van der Waals surface area (Å²) in [7, 11) is 0. The van der Waals surface area contributed by atoms with Crippen LogP contribution in [0.5, 0.6) is 0 Å². The Morgan fingerprint density at radius 3 is 2.75 bits per heavy atom. The molecule has 0 spiro atoms. The van der Waals surface area contributed by atoms with Gasteiger partial charge in [-0.15, -0.1) is 0 Å². The van der Waals surface area contributed by atoms with Gasteiger partial charge in [0.1, 0.15) is 5.82 Å². The summed E-state index contributed by atoms with van der Waals surface area (Å²) in [6.45, 7) is 3.87. The number of carbonyl (C=O) groups excluding carboxylic acids is 1. The number of hydrogen-bond donors (Lipinski definition) is 3. The second-order valence-corrected chi connectivity index (χ2v) is 5.88. The number of carbonyl (C=O) groups is 1. The van der Waals surface area contributed by atoms with Gasteiger partial charge in [0.25, 0.3) is 0 Å². The van der Waals surface area contributed by atoms with Gasteiger partial charge in [-0.1, -0.05) is 19.4 Å². The summed E-state index contributed by atoms with van der Waals surface area (Å²) in [4.78, 5) is 11.8. The van der Waals surface area contributed by atoms with Gasteiger partial charge < -0.3 is 15.7 Å². The van der Waals surface area contributed by atoms with Crippen molar-refractivity contribution in [3.8, 4) is 0 Å². The molecule has 0 aliphatic rings. The molecule has 1 aromatic rings. The molecule has 1 unspecified atom stereocenters. The summed E-state index contributed by atoms with van der Waals surface area (Å²) in [6, 6.07) is 4.31. The Bertz CT molecular complexity index is 470. The fraction of sp³-hybridized carbons (Fsp3) is 0.500. The molecule has 6 heteroatoms. The quantitative estimate of drug-likeness (QED) is 0.741. The minimum absolute atomic E-state index is 0.124. The molecule has 1 atom stereocenters. The zero-order valence-electron chi connectivity index (χ0n) is 11.7. The van der Waals surface area contributed by atoms with Crippen molar-refractivity contribution in [1.29, 1.82) is 0 Å². The molecule has 1 aromatic carbocycles. The Balaban J connectivity index is 2.52. The Hall–Kier alpha value is -1.14. The number of nitrogens with one attached hydrogen (secondary N) is 2. The van der Waals surface area contributed by atoms with Gasteiger partial charge >= 0.3 is 6.03 Å². The first-order valence-corrected chi connectivity index (χ1v) is 7.30. The second-order valence-electron chi connectivity index (χ2n) is 5.02. The number of hydrogen-bond acceptors (Lipinski definition) is 2. The van der Waals surface area contributed by atoms with E-state index in [0.717, 1.165) is 6.42 Å². The molecular formula is C14H20BrFN2O2. The maximum Gasteiger partial charge on any atom is 0.315 e. The number of urea groups is 1. The molecular weight excluding hydrogens is 327 g/mol. The predicted octanol–water partition coefficient (Wildman–Crippen LogP) is 2.94. The number of benzene rings is 1. The summed E-state index contributed by atoms with van der Waals surface area (Å²) in [5.74, 6) is -0.365. The molecule has 0 bridgehead atoms. The van der Waals surface area contributed by atoms with Crippen molar-refractivity contribution in [2.24, 2.45) is 0 Å². The highest BCUT2D eigenvalue weighted by Crippen LogP contribution is 2.16. The first-order chi connectivity index (χ1) is 9.40. The summed E-state index contributed by atoms with van der Waals surface area (Å²) < 4.78 is 13.7. The van der Waals surface area contributed by atoms with Crippen LogP contribution in [0, 0.1) is 5.82 Å². The fourth-order valence-electron chi connectivity index (χ4n) is 1.88. The SMILES string of the molecule is CCCC(C)(CO)NC(=O)NCc1ccc(Br)c(F)c1. The fourth-order valence-corrected chi connectivity index (χ4v) is 2.13. The van der Waals surface area contributed by atoms with Crippen LogP contribution in [0.1, 0.15) is 32.3 Å². The highest BCUT2D eigenvalue weighted by atomic mass is 79.9. The molecule has 0 aliphatic carbocycles. The highest BCUT2D eigenvalue weighted by molar-refractivity contribution is 9.10.